The predicted octanol–water partition coefficient (Wildman–Crippen LogP) is 2.92. The number of halogens is 5. The van der Waals surface area contributed by atoms with Crippen LogP contribution in [-0.4, -0.2) is 19.3 Å². The minimum Gasteiger partial charge on any atom is -0.496 e. The first-order valence-electron chi connectivity index (χ1n) is 4.60. The highest BCUT2D eigenvalue weighted by atomic mass is 35.5. The SMILES string of the molecule is COc1ccc(F)c(Cl)c1CC(N)C(F)(F)F. The first kappa shape index (κ1) is 14.1. The van der Waals surface area contributed by atoms with Crippen molar-refractivity contribution in [3.8, 4) is 5.75 Å². The van der Waals surface area contributed by atoms with Gasteiger partial charge in [0.25, 0.3) is 0 Å². The van der Waals surface area contributed by atoms with Crippen molar-refractivity contribution < 1.29 is 22.3 Å². The van der Waals surface area contributed by atoms with Crippen molar-refractivity contribution >= 4 is 11.6 Å². The Morgan fingerprint density at radius 1 is 1.41 bits per heavy atom. The van der Waals surface area contributed by atoms with Crippen molar-refractivity contribution in [3.63, 3.8) is 0 Å². The third kappa shape index (κ3) is 3.23. The number of alkyl halides is 3. The summed E-state index contributed by atoms with van der Waals surface area (Å²) in [5, 5.41) is -0.399. The molecular weight excluding hydrogens is 262 g/mol. The Bertz CT molecular complexity index is 408. The summed E-state index contributed by atoms with van der Waals surface area (Å²) in [5.74, 6) is -0.729. The minimum absolute atomic E-state index is 0.0797. The van der Waals surface area contributed by atoms with Gasteiger partial charge in [-0.15, -0.1) is 0 Å². The molecule has 2 nitrogen and oxygen atoms in total. The first-order valence-corrected chi connectivity index (χ1v) is 4.98. The molecule has 0 amide bonds. The molecule has 1 atom stereocenters. The van der Waals surface area contributed by atoms with Crippen LogP contribution in [0.15, 0.2) is 12.1 Å². The molecule has 0 fully saturated rings. The standard InChI is InChI=1S/C10H10ClF4NO/c1-17-7-3-2-6(12)9(11)5(7)4-8(16)10(13,14)15/h2-3,8H,4,16H2,1H3. The van der Waals surface area contributed by atoms with Crippen molar-refractivity contribution in [2.24, 2.45) is 5.73 Å². The average Bonchev–Trinajstić information content (AvgIpc) is 2.23. The topological polar surface area (TPSA) is 35.2 Å². The summed E-state index contributed by atoms with van der Waals surface area (Å²) >= 11 is 5.59. The van der Waals surface area contributed by atoms with Crippen LogP contribution in [0.25, 0.3) is 0 Å². The van der Waals surface area contributed by atoms with E-state index >= 15 is 0 Å². The molecule has 0 aliphatic rings. The third-order valence-corrected chi connectivity index (χ3v) is 2.63. The number of hydrogen-bond acceptors (Lipinski definition) is 2. The van der Waals surface area contributed by atoms with Crippen LogP contribution < -0.4 is 10.5 Å². The molecule has 0 spiro atoms. The Labute approximate surface area is 100 Å². The first-order chi connectivity index (χ1) is 7.77. The van der Waals surface area contributed by atoms with E-state index in [2.05, 4.69) is 0 Å². The maximum absolute atomic E-state index is 13.1. The second-order valence-electron chi connectivity index (χ2n) is 3.39. The number of benzene rings is 1. The Balaban J connectivity index is 3.09. The summed E-state index contributed by atoms with van der Waals surface area (Å²) in [6, 6.07) is 0.111. The highest BCUT2D eigenvalue weighted by Crippen LogP contribution is 2.32. The molecule has 0 aliphatic carbocycles. The van der Waals surface area contributed by atoms with Gasteiger partial charge in [-0.3, -0.25) is 0 Å². The van der Waals surface area contributed by atoms with E-state index in [0.717, 1.165) is 6.07 Å². The Morgan fingerprint density at radius 3 is 2.47 bits per heavy atom. The molecule has 0 saturated heterocycles. The lowest BCUT2D eigenvalue weighted by Gasteiger charge is -2.18. The number of hydrogen-bond donors (Lipinski definition) is 1. The Kier molecular flexibility index (Phi) is 4.21. The fraction of sp³-hybridized carbons (Fsp3) is 0.400. The number of ether oxygens (including phenoxy) is 1. The van der Waals surface area contributed by atoms with Crippen LogP contribution in [0.1, 0.15) is 5.56 Å². The van der Waals surface area contributed by atoms with Gasteiger partial charge in [0, 0.05) is 12.0 Å². The molecule has 0 aliphatic heterocycles. The zero-order chi connectivity index (χ0) is 13.2. The van der Waals surface area contributed by atoms with E-state index in [1.807, 2.05) is 0 Å². The second kappa shape index (κ2) is 5.10. The van der Waals surface area contributed by atoms with Gasteiger partial charge in [-0.1, -0.05) is 11.6 Å². The summed E-state index contributed by atoms with van der Waals surface area (Å²) < 4.78 is 54.9. The molecule has 7 heteroatoms. The number of rotatable bonds is 3. The second-order valence-corrected chi connectivity index (χ2v) is 3.77. The zero-order valence-corrected chi connectivity index (χ0v) is 9.57. The van der Waals surface area contributed by atoms with Crippen molar-refractivity contribution in [1.82, 2.24) is 0 Å². The Morgan fingerprint density at radius 2 is 2.00 bits per heavy atom. The van der Waals surface area contributed by atoms with Crippen LogP contribution in [0.2, 0.25) is 5.02 Å². The van der Waals surface area contributed by atoms with E-state index in [-0.39, 0.29) is 11.3 Å². The van der Waals surface area contributed by atoms with Crippen molar-refractivity contribution in [3.05, 3.63) is 28.5 Å². The fourth-order valence-corrected chi connectivity index (χ4v) is 1.53. The fourth-order valence-electron chi connectivity index (χ4n) is 1.29. The van der Waals surface area contributed by atoms with Crippen molar-refractivity contribution in [2.75, 3.05) is 7.11 Å². The molecule has 0 aromatic heterocycles. The molecule has 1 aromatic carbocycles. The van der Waals surface area contributed by atoms with Crippen LogP contribution in [0.4, 0.5) is 17.6 Å². The molecule has 0 heterocycles. The molecule has 0 bridgehead atoms. The summed E-state index contributed by atoms with van der Waals surface area (Å²) in [6.07, 6.45) is -5.20. The quantitative estimate of drug-likeness (QED) is 0.858. The van der Waals surface area contributed by atoms with Gasteiger partial charge in [0.1, 0.15) is 17.6 Å². The highest BCUT2D eigenvalue weighted by Gasteiger charge is 2.37. The molecule has 17 heavy (non-hydrogen) atoms. The zero-order valence-electron chi connectivity index (χ0n) is 8.81. The molecule has 1 aromatic rings. The van der Waals surface area contributed by atoms with Crippen LogP contribution in [0.5, 0.6) is 5.75 Å². The van der Waals surface area contributed by atoms with Gasteiger partial charge in [-0.25, -0.2) is 4.39 Å². The van der Waals surface area contributed by atoms with Gasteiger partial charge in [0.05, 0.1) is 12.1 Å². The summed E-state index contributed by atoms with van der Waals surface area (Å²) in [5.41, 5.74) is 4.88. The smallest absolute Gasteiger partial charge is 0.403 e. The molecule has 1 rings (SSSR count). The molecule has 0 radical (unpaired) electrons. The highest BCUT2D eigenvalue weighted by molar-refractivity contribution is 6.31. The summed E-state index contributed by atoms with van der Waals surface area (Å²) in [7, 11) is 1.26. The maximum atomic E-state index is 13.1. The largest absolute Gasteiger partial charge is 0.496 e. The van der Waals surface area contributed by atoms with Crippen molar-refractivity contribution in [2.45, 2.75) is 18.6 Å². The van der Waals surface area contributed by atoms with Crippen LogP contribution in [-0.2, 0) is 6.42 Å². The van der Waals surface area contributed by atoms with Gasteiger partial charge in [-0.2, -0.15) is 13.2 Å². The molecule has 96 valence electrons. The minimum atomic E-state index is -4.57. The van der Waals surface area contributed by atoms with E-state index in [9.17, 15) is 17.6 Å². The average molecular weight is 272 g/mol. The third-order valence-electron chi connectivity index (χ3n) is 2.22. The summed E-state index contributed by atoms with van der Waals surface area (Å²) in [4.78, 5) is 0. The molecular formula is C10H10ClF4NO. The van der Waals surface area contributed by atoms with Gasteiger partial charge < -0.3 is 10.5 Å². The Hall–Kier alpha value is -1.01. The summed E-state index contributed by atoms with van der Waals surface area (Å²) in [6.45, 7) is 0. The van der Waals surface area contributed by atoms with Crippen LogP contribution in [0.3, 0.4) is 0 Å². The number of nitrogens with two attached hydrogens (primary N) is 1. The van der Waals surface area contributed by atoms with Crippen molar-refractivity contribution in [1.29, 1.82) is 0 Å². The van der Waals surface area contributed by atoms with E-state index in [1.54, 1.807) is 0 Å². The normalized spacial score (nSPS) is 13.6. The molecule has 0 saturated carbocycles. The van der Waals surface area contributed by atoms with Gasteiger partial charge in [0.2, 0.25) is 0 Å². The van der Waals surface area contributed by atoms with E-state index in [1.165, 1.54) is 13.2 Å². The van der Waals surface area contributed by atoms with Crippen LogP contribution in [0, 0.1) is 5.82 Å². The van der Waals surface area contributed by atoms with E-state index in [0.29, 0.717) is 0 Å². The van der Waals surface area contributed by atoms with Gasteiger partial charge in [-0.05, 0) is 12.1 Å². The molecule has 1 unspecified atom stereocenters. The number of methoxy groups -OCH3 is 1. The monoisotopic (exact) mass is 271 g/mol. The lowest BCUT2D eigenvalue weighted by molar-refractivity contribution is -0.147. The lowest BCUT2D eigenvalue weighted by Crippen LogP contribution is -2.39. The van der Waals surface area contributed by atoms with Gasteiger partial charge in [0.15, 0.2) is 0 Å². The lowest BCUT2D eigenvalue weighted by atomic mass is 10.0. The van der Waals surface area contributed by atoms with E-state index < -0.39 is 29.5 Å². The molecule has 2 N–H and O–H groups in total. The van der Waals surface area contributed by atoms with E-state index in [4.69, 9.17) is 22.1 Å². The maximum Gasteiger partial charge on any atom is 0.403 e. The van der Waals surface area contributed by atoms with Crippen LogP contribution >= 0.6 is 11.6 Å². The predicted molar refractivity (Wildman–Crippen MR) is 55.7 cm³/mol. The van der Waals surface area contributed by atoms with Gasteiger partial charge >= 0.3 is 6.18 Å².